The maximum absolute atomic E-state index is 11.7. The molecular weight excluding hydrogens is 244 g/mol. The van der Waals surface area contributed by atoms with Crippen LogP contribution in [-0.2, 0) is 9.53 Å². The van der Waals surface area contributed by atoms with E-state index in [4.69, 9.17) is 4.74 Å². The number of hydrogen-bond acceptors (Lipinski definition) is 4. The molecule has 1 aliphatic heterocycles. The van der Waals surface area contributed by atoms with Crippen LogP contribution < -0.4 is 0 Å². The van der Waals surface area contributed by atoms with Gasteiger partial charge in [-0.05, 0) is 37.7 Å². The van der Waals surface area contributed by atoms with Crippen LogP contribution in [0.5, 0.6) is 0 Å². The van der Waals surface area contributed by atoms with E-state index in [1.54, 1.807) is 6.92 Å². The number of aliphatic hydroxyl groups is 2. The van der Waals surface area contributed by atoms with E-state index in [1.165, 1.54) is 0 Å². The van der Waals surface area contributed by atoms with E-state index in [1.807, 2.05) is 0 Å². The Morgan fingerprint density at radius 3 is 2.74 bits per heavy atom. The molecule has 0 aromatic rings. The zero-order chi connectivity index (χ0) is 13.9. The number of fused-ring (bicyclic) bond motifs is 3. The van der Waals surface area contributed by atoms with E-state index < -0.39 is 17.7 Å². The Kier molecular flexibility index (Phi) is 2.67. The topological polar surface area (TPSA) is 66.8 Å². The van der Waals surface area contributed by atoms with Gasteiger partial charge in [-0.2, -0.15) is 0 Å². The Hall–Kier alpha value is -1.13. The highest BCUT2D eigenvalue weighted by molar-refractivity contribution is 5.91. The van der Waals surface area contributed by atoms with E-state index in [-0.39, 0.29) is 23.9 Å². The molecule has 4 nitrogen and oxygen atoms in total. The van der Waals surface area contributed by atoms with Gasteiger partial charge >= 0.3 is 5.97 Å². The van der Waals surface area contributed by atoms with Crippen LogP contribution in [0.1, 0.15) is 26.2 Å². The molecule has 1 heterocycles. The number of carbonyl (C=O) groups is 1. The first kappa shape index (κ1) is 12.9. The Morgan fingerprint density at radius 2 is 2.05 bits per heavy atom. The second-order valence-corrected chi connectivity index (χ2v) is 6.36. The molecule has 2 N–H and O–H groups in total. The van der Waals surface area contributed by atoms with Crippen molar-refractivity contribution in [1.29, 1.82) is 0 Å². The van der Waals surface area contributed by atoms with Gasteiger partial charge in [0.2, 0.25) is 0 Å². The molecule has 0 bridgehead atoms. The molecule has 3 rings (SSSR count). The summed E-state index contributed by atoms with van der Waals surface area (Å²) in [6.07, 6.45) is 0.804. The lowest BCUT2D eigenvalue weighted by Crippen LogP contribution is -2.42. The molecule has 1 saturated heterocycles. The number of aliphatic hydroxyl groups excluding tert-OH is 1. The summed E-state index contributed by atoms with van der Waals surface area (Å²) < 4.78 is 5.45. The molecule has 0 aromatic heterocycles. The Labute approximate surface area is 112 Å². The Balaban J connectivity index is 2.05. The first-order chi connectivity index (χ1) is 8.83. The van der Waals surface area contributed by atoms with Crippen molar-refractivity contribution in [1.82, 2.24) is 0 Å². The van der Waals surface area contributed by atoms with Gasteiger partial charge in [0.1, 0.15) is 6.10 Å². The third kappa shape index (κ3) is 1.70. The summed E-state index contributed by atoms with van der Waals surface area (Å²) in [6, 6.07) is 0. The highest BCUT2D eigenvalue weighted by Crippen LogP contribution is 2.53. The van der Waals surface area contributed by atoms with Crippen LogP contribution in [0.2, 0.25) is 0 Å². The van der Waals surface area contributed by atoms with Crippen molar-refractivity contribution in [2.45, 2.75) is 44.0 Å². The van der Waals surface area contributed by atoms with Crippen molar-refractivity contribution in [2.75, 3.05) is 0 Å². The van der Waals surface area contributed by atoms with Crippen LogP contribution in [0.4, 0.5) is 0 Å². The molecule has 0 radical (unpaired) electrons. The molecule has 0 aromatic carbocycles. The maximum atomic E-state index is 11.7. The van der Waals surface area contributed by atoms with Gasteiger partial charge < -0.3 is 14.9 Å². The normalized spacial score (nSPS) is 49.6. The summed E-state index contributed by atoms with van der Waals surface area (Å²) in [7, 11) is 0. The lowest BCUT2D eigenvalue weighted by Gasteiger charge is -2.34. The molecular formula is C15H20O4. The van der Waals surface area contributed by atoms with E-state index in [2.05, 4.69) is 13.2 Å². The third-order valence-corrected chi connectivity index (χ3v) is 5.20. The van der Waals surface area contributed by atoms with Crippen molar-refractivity contribution < 1.29 is 19.7 Å². The summed E-state index contributed by atoms with van der Waals surface area (Å²) in [6.45, 7) is 9.58. The molecule has 0 amide bonds. The zero-order valence-corrected chi connectivity index (χ0v) is 11.1. The minimum absolute atomic E-state index is 0.0127. The lowest BCUT2D eigenvalue weighted by atomic mass is 9.77. The Morgan fingerprint density at radius 1 is 1.37 bits per heavy atom. The van der Waals surface area contributed by atoms with Crippen LogP contribution in [0.15, 0.2) is 24.3 Å². The quantitative estimate of drug-likeness (QED) is 0.392. The van der Waals surface area contributed by atoms with E-state index in [9.17, 15) is 15.0 Å². The van der Waals surface area contributed by atoms with Crippen LogP contribution in [0.25, 0.3) is 0 Å². The predicted octanol–water partition coefficient (Wildman–Crippen LogP) is 1.18. The zero-order valence-electron chi connectivity index (χ0n) is 11.1. The van der Waals surface area contributed by atoms with Gasteiger partial charge in [-0.25, -0.2) is 4.79 Å². The minimum Gasteiger partial charge on any atom is -0.458 e. The fourth-order valence-corrected chi connectivity index (χ4v) is 4.10. The monoisotopic (exact) mass is 264 g/mol. The minimum atomic E-state index is -0.883. The van der Waals surface area contributed by atoms with E-state index in [0.29, 0.717) is 18.4 Å². The molecule has 19 heavy (non-hydrogen) atoms. The molecule has 3 aliphatic rings. The fourth-order valence-electron chi connectivity index (χ4n) is 4.10. The second kappa shape index (κ2) is 3.93. The van der Waals surface area contributed by atoms with Gasteiger partial charge in [-0.1, -0.05) is 13.2 Å². The van der Waals surface area contributed by atoms with E-state index in [0.717, 1.165) is 12.0 Å². The maximum Gasteiger partial charge on any atom is 0.334 e. The molecule has 4 heteroatoms. The van der Waals surface area contributed by atoms with Crippen molar-refractivity contribution in [2.24, 2.45) is 17.8 Å². The number of ether oxygens (including phenoxy) is 1. The van der Waals surface area contributed by atoms with Gasteiger partial charge in [-0.15, -0.1) is 0 Å². The van der Waals surface area contributed by atoms with Crippen LogP contribution in [0.3, 0.4) is 0 Å². The first-order valence-corrected chi connectivity index (χ1v) is 6.82. The number of carbonyl (C=O) groups excluding carboxylic acids is 1. The number of esters is 1. The highest BCUT2D eigenvalue weighted by Gasteiger charge is 2.58. The summed E-state index contributed by atoms with van der Waals surface area (Å²) in [5.74, 6) is -0.779. The average Bonchev–Trinajstić information content (AvgIpc) is 2.75. The lowest BCUT2D eigenvalue weighted by molar-refractivity contribution is -0.146. The largest absolute Gasteiger partial charge is 0.458 e. The van der Waals surface area contributed by atoms with Gasteiger partial charge in [-0.3, -0.25) is 0 Å². The first-order valence-electron chi connectivity index (χ1n) is 6.82. The molecule has 6 atom stereocenters. The molecule has 104 valence electrons. The fraction of sp³-hybridized carbons (Fsp3) is 0.667. The van der Waals surface area contributed by atoms with Gasteiger partial charge in [0.15, 0.2) is 0 Å². The van der Waals surface area contributed by atoms with Gasteiger partial charge in [0, 0.05) is 17.4 Å². The molecule has 2 saturated carbocycles. The molecule has 2 aliphatic carbocycles. The predicted molar refractivity (Wildman–Crippen MR) is 69.1 cm³/mol. The van der Waals surface area contributed by atoms with E-state index >= 15 is 0 Å². The van der Waals surface area contributed by atoms with Crippen LogP contribution >= 0.6 is 0 Å². The van der Waals surface area contributed by atoms with Crippen molar-refractivity contribution in [3.63, 3.8) is 0 Å². The summed E-state index contributed by atoms with van der Waals surface area (Å²) >= 11 is 0. The van der Waals surface area contributed by atoms with Crippen molar-refractivity contribution in [3.8, 4) is 0 Å². The molecule has 0 spiro atoms. The van der Waals surface area contributed by atoms with Crippen LogP contribution in [0, 0.1) is 17.8 Å². The highest BCUT2D eigenvalue weighted by atomic mass is 16.6. The molecule has 3 fully saturated rings. The standard InChI is InChI=1S/C15H20O4/c1-7-9-4-5-15(3,18)12(9)13-10(6-11(7)16)8(2)14(17)19-13/h9-13,16,18H,1-2,4-6H2,3H3/t9?,10-,11+,12?,13-,15+/m0/s1. The van der Waals surface area contributed by atoms with Crippen molar-refractivity contribution >= 4 is 5.97 Å². The SMILES string of the molecule is C=C1C2CC[C@@](C)(O)C2[C@H]2OC(=O)C(=C)[C@@H]2C[C@H]1O. The molecule has 2 unspecified atom stereocenters. The average molecular weight is 264 g/mol. The van der Waals surface area contributed by atoms with Gasteiger partial charge in [0.05, 0.1) is 11.7 Å². The smallest absolute Gasteiger partial charge is 0.334 e. The van der Waals surface area contributed by atoms with Crippen LogP contribution in [-0.4, -0.2) is 34.0 Å². The van der Waals surface area contributed by atoms with Gasteiger partial charge in [0.25, 0.3) is 0 Å². The van der Waals surface area contributed by atoms with Crippen molar-refractivity contribution in [3.05, 3.63) is 24.3 Å². The summed E-state index contributed by atoms with van der Waals surface area (Å²) in [4.78, 5) is 11.7. The Bertz CT molecular complexity index is 465. The second-order valence-electron chi connectivity index (χ2n) is 6.36. The number of hydrogen-bond donors (Lipinski definition) is 2. The number of rotatable bonds is 0. The summed E-state index contributed by atoms with van der Waals surface area (Å²) in [5.41, 5.74) is 0.298. The summed E-state index contributed by atoms with van der Waals surface area (Å²) in [5, 5.41) is 20.8. The third-order valence-electron chi connectivity index (χ3n) is 5.20.